The molecular weight excluding hydrogens is 352 g/mol. The first-order chi connectivity index (χ1) is 12.5. The number of carbonyl (C=O) groups excluding carboxylic acids is 2. The Bertz CT molecular complexity index is 760. The first-order valence-electron chi connectivity index (χ1n) is 8.33. The Morgan fingerprint density at radius 1 is 1.04 bits per heavy atom. The molecule has 7 heteroatoms. The van der Waals surface area contributed by atoms with E-state index in [-0.39, 0.29) is 5.92 Å². The lowest BCUT2D eigenvalue weighted by Gasteiger charge is -2.35. The van der Waals surface area contributed by atoms with Crippen molar-refractivity contribution >= 4 is 28.9 Å². The number of allylic oxidation sites excluding steroid dienone is 1. The molecule has 138 valence electrons. The van der Waals surface area contributed by atoms with Crippen molar-refractivity contribution in [2.24, 2.45) is 16.8 Å². The standard InChI is InChI=1S/C19H22N2O4S/c1-21(2)19-20-16-13(26-19)10-12(11-8-6-5-7-9-11)14(17(22)24-3)15(16)18(23)25-4/h5-10,12,14-16H,1-4H3/t12-,14+,15-,16-/m0/s1. The predicted octanol–water partition coefficient (Wildman–Crippen LogP) is 2.28. The molecule has 0 N–H and O–H groups in total. The van der Waals surface area contributed by atoms with Gasteiger partial charge in [-0.3, -0.25) is 14.6 Å². The quantitative estimate of drug-likeness (QED) is 0.756. The van der Waals surface area contributed by atoms with E-state index in [1.54, 1.807) is 0 Å². The number of esters is 2. The van der Waals surface area contributed by atoms with E-state index in [4.69, 9.17) is 9.47 Å². The van der Waals surface area contributed by atoms with E-state index >= 15 is 0 Å². The van der Waals surface area contributed by atoms with E-state index in [1.807, 2.05) is 55.4 Å². The molecule has 0 unspecified atom stereocenters. The summed E-state index contributed by atoms with van der Waals surface area (Å²) in [5.74, 6) is -2.55. The van der Waals surface area contributed by atoms with Gasteiger partial charge in [-0.15, -0.1) is 0 Å². The fourth-order valence-electron chi connectivity index (χ4n) is 3.49. The number of rotatable bonds is 3. The normalized spacial score (nSPS) is 27.1. The van der Waals surface area contributed by atoms with Gasteiger partial charge in [-0.2, -0.15) is 0 Å². The van der Waals surface area contributed by atoms with Crippen molar-refractivity contribution in [1.29, 1.82) is 0 Å². The summed E-state index contributed by atoms with van der Waals surface area (Å²) in [5, 5.41) is 0.812. The van der Waals surface area contributed by atoms with Gasteiger partial charge in [0.2, 0.25) is 0 Å². The van der Waals surface area contributed by atoms with E-state index in [2.05, 4.69) is 4.99 Å². The van der Waals surface area contributed by atoms with Gasteiger partial charge in [-0.1, -0.05) is 48.2 Å². The molecule has 0 bridgehead atoms. The van der Waals surface area contributed by atoms with Gasteiger partial charge in [-0.05, 0) is 5.56 Å². The minimum absolute atomic E-state index is 0.275. The molecule has 0 saturated carbocycles. The van der Waals surface area contributed by atoms with Crippen LogP contribution in [0.4, 0.5) is 0 Å². The number of nitrogens with zero attached hydrogens (tertiary/aromatic N) is 2. The molecule has 1 heterocycles. The van der Waals surface area contributed by atoms with Gasteiger partial charge in [0.1, 0.15) is 0 Å². The third kappa shape index (κ3) is 3.23. The van der Waals surface area contributed by atoms with Gasteiger partial charge in [0.05, 0.1) is 32.1 Å². The summed E-state index contributed by atoms with van der Waals surface area (Å²) in [5.41, 5.74) is 0.960. The summed E-state index contributed by atoms with van der Waals surface area (Å²) in [4.78, 5) is 32.9. The molecule has 0 radical (unpaired) electrons. The second-order valence-electron chi connectivity index (χ2n) is 6.46. The summed E-state index contributed by atoms with van der Waals surface area (Å²) in [7, 11) is 6.49. The number of carbonyl (C=O) groups is 2. The maximum atomic E-state index is 12.7. The molecule has 0 fully saturated rings. The number of benzene rings is 1. The molecule has 26 heavy (non-hydrogen) atoms. The first-order valence-corrected chi connectivity index (χ1v) is 9.14. The molecule has 0 spiro atoms. The van der Waals surface area contributed by atoms with Crippen molar-refractivity contribution in [3.8, 4) is 0 Å². The Kier molecular flexibility index (Phi) is 5.36. The van der Waals surface area contributed by atoms with E-state index < -0.39 is 29.8 Å². The maximum Gasteiger partial charge on any atom is 0.312 e. The van der Waals surface area contributed by atoms with Gasteiger partial charge in [-0.25, -0.2) is 0 Å². The van der Waals surface area contributed by atoms with Crippen LogP contribution >= 0.6 is 11.8 Å². The van der Waals surface area contributed by atoms with E-state index in [9.17, 15) is 9.59 Å². The van der Waals surface area contributed by atoms with Crippen LogP contribution < -0.4 is 0 Å². The fraction of sp³-hybridized carbons (Fsp3) is 0.421. The number of hydrogen-bond acceptors (Lipinski definition) is 7. The molecule has 0 aromatic heterocycles. The Hall–Kier alpha value is -2.28. The van der Waals surface area contributed by atoms with Crippen molar-refractivity contribution in [2.75, 3.05) is 28.3 Å². The summed E-state index contributed by atoms with van der Waals surface area (Å²) in [6.45, 7) is 0. The van der Waals surface area contributed by atoms with Crippen LogP contribution in [0.5, 0.6) is 0 Å². The van der Waals surface area contributed by atoms with Crippen LogP contribution in [-0.4, -0.2) is 56.4 Å². The largest absolute Gasteiger partial charge is 0.469 e. The molecule has 3 rings (SSSR count). The van der Waals surface area contributed by atoms with E-state index in [1.165, 1.54) is 26.0 Å². The fourth-order valence-corrected chi connectivity index (χ4v) is 4.59. The highest BCUT2D eigenvalue weighted by atomic mass is 32.2. The Labute approximate surface area is 157 Å². The topological polar surface area (TPSA) is 68.2 Å². The Morgan fingerprint density at radius 2 is 1.65 bits per heavy atom. The maximum absolute atomic E-state index is 12.7. The molecule has 4 atom stereocenters. The lowest BCUT2D eigenvalue weighted by atomic mass is 9.70. The summed E-state index contributed by atoms with van der Waals surface area (Å²) < 4.78 is 10.1. The third-order valence-electron chi connectivity index (χ3n) is 4.72. The Morgan fingerprint density at radius 3 is 2.23 bits per heavy atom. The van der Waals surface area contributed by atoms with E-state index in [0.717, 1.165) is 15.6 Å². The minimum atomic E-state index is -0.720. The number of thioether (sulfide) groups is 1. The van der Waals surface area contributed by atoms with Crippen LogP contribution in [-0.2, 0) is 19.1 Å². The van der Waals surface area contributed by atoms with Gasteiger partial charge in [0, 0.05) is 24.9 Å². The summed E-state index contributed by atoms with van der Waals surface area (Å²) >= 11 is 1.53. The zero-order valence-corrected chi connectivity index (χ0v) is 16.0. The summed E-state index contributed by atoms with van der Waals surface area (Å²) in [6.07, 6.45) is 2.05. The smallest absolute Gasteiger partial charge is 0.312 e. The van der Waals surface area contributed by atoms with Crippen LogP contribution in [0.3, 0.4) is 0 Å². The van der Waals surface area contributed by atoms with Crippen LogP contribution in [0, 0.1) is 11.8 Å². The van der Waals surface area contributed by atoms with Crippen molar-refractivity contribution in [1.82, 2.24) is 4.90 Å². The highest BCUT2D eigenvalue weighted by Gasteiger charge is 2.51. The second kappa shape index (κ2) is 7.53. The molecule has 1 aromatic rings. The van der Waals surface area contributed by atoms with Crippen molar-refractivity contribution in [2.45, 2.75) is 12.0 Å². The molecule has 1 aliphatic carbocycles. The number of hydrogen-bond donors (Lipinski definition) is 0. The van der Waals surface area contributed by atoms with Gasteiger partial charge >= 0.3 is 11.9 Å². The highest BCUT2D eigenvalue weighted by molar-refractivity contribution is 8.17. The third-order valence-corrected chi connectivity index (χ3v) is 5.99. The highest BCUT2D eigenvalue weighted by Crippen LogP contribution is 2.49. The number of amidine groups is 1. The summed E-state index contributed by atoms with van der Waals surface area (Å²) in [6, 6.07) is 9.26. The van der Waals surface area contributed by atoms with Crippen LogP contribution in [0.1, 0.15) is 11.5 Å². The van der Waals surface area contributed by atoms with Crippen molar-refractivity contribution < 1.29 is 19.1 Å². The second-order valence-corrected chi connectivity index (χ2v) is 7.50. The molecule has 2 aliphatic rings. The van der Waals surface area contributed by atoms with Gasteiger partial charge in [0.15, 0.2) is 5.17 Å². The number of fused-ring (bicyclic) bond motifs is 1. The molecular formula is C19H22N2O4S. The monoisotopic (exact) mass is 374 g/mol. The average molecular weight is 374 g/mol. The lowest BCUT2D eigenvalue weighted by Crippen LogP contribution is -2.44. The number of methoxy groups -OCH3 is 2. The molecule has 1 aromatic carbocycles. The van der Waals surface area contributed by atoms with Gasteiger partial charge in [0.25, 0.3) is 0 Å². The lowest BCUT2D eigenvalue weighted by molar-refractivity contribution is -0.159. The predicted molar refractivity (Wildman–Crippen MR) is 101 cm³/mol. The molecule has 1 aliphatic heterocycles. The molecule has 6 nitrogen and oxygen atoms in total. The Balaban J connectivity index is 2.13. The van der Waals surface area contributed by atoms with Gasteiger partial charge < -0.3 is 14.4 Å². The van der Waals surface area contributed by atoms with Crippen LogP contribution in [0.2, 0.25) is 0 Å². The van der Waals surface area contributed by atoms with Crippen molar-refractivity contribution in [3.63, 3.8) is 0 Å². The number of aliphatic imine (C=N–C) groups is 1. The average Bonchev–Trinajstić information content (AvgIpc) is 3.10. The molecule has 0 amide bonds. The van der Waals surface area contributed by atoms with Crippen molar-refractivity contribution in [3.05, 3.63) is 46.9 Å². The van der Waals surface area contributed by atoms with E-state index in [0.29, 0.717) is 0 Å². The SMILES string of the molecule is COC(=O)[C@H]1[C@H](C(=O)OC)[C@H](c2ccccc2)C=C2SC(N(C)C)=N[C@@H]21. The van der Waals surface area contributed by atoms with Crippen LogP contribution in [0.25, 0.3) is 0 Å². The zero-order chi connectivity index (χ0) is 18.8. The molecule has 0 saturated heterocycles. The first kappa shape index (κ1) is 18.5. The zero-order valence-electron chi connectivity index (χ0n) is 15.2. The van der Waals surface area contributed by atoms with Crippen LogP contribution in [0.15, 0.2) is 46.3 Å². The minimum Gasteiger partial charge on any atom is -0.469 e. The number of ether oxygens (including phenoxy) is 2.